The summed E-state index contributed by atoms with van der Waals surface area (Å²) in [6.45, 7) is 7.70. The van der Waals surface area contributed by atoms with Crippen LogP contribution < -0.4 is 0 Å². The lowest BCUT2D eigenvalue weighted by molar-refractivity contribution is 0.558. The van der Waals surface area contributed by atoms with Gasteiger partial charge in [0.05, 0.1) is 10.5 Å². The van der Waals surface area contributed by atoms with Crippen molar-refractivity contribution in [3.8, 4) is 0 Å². The Hall–Kier alpha value is -1.55. The van der Waals surface area contributed by atoms with E-state index in [1.54, 1.807) is 12.2 Å². The first-order chi connectivity index (χ1) is 13.0. The van der Waals surface area contributed by atoms with E-state index in [-0.39, 0.29) is 11.8 Å². The molecule has 2 rings (SSSR count). The van der Waals surface area contributed by atoms with Gasteiger partial charge in [-0.05, 0) is 11.1 Å². The number of rotatable bonds is 10. The van der Waals surface area contributed by atoms with Crippen molar-refractivity contribution in [1.29, 1.82) is 0 Å². The molecule has 0 aliphatic carbocycles. The number of hydrogen-bond donors (Lipinski definition) is 0. The summed E-state index contributed by atoms with van der Waals surface area (Å²) in [6, 6.07) is 18.8. The molecule has 0 amide bonds. The lowest BCUT2D eigenvalue weighted by atomic mass is 9.96. The average molecular weight is 423 g/mol. The van der Waals surface area contributed by atoms with E-state index in [1.165, 1.54) is 0 Å². The minimum atomic E-state index is -3.69. The standard InChI is InChI=1S/C22H24Cl2O2S/c1-3-19(17-11-7-5-8-12-17)21(15-23)27(25,26)22(16-24)20(4-2)18-13-9-6-10-14-18/h3-14,19-22H,1-2,15-16H2. The molecule has 0 aliphatic heterocycles. The molecule has 2 aromatic rings. The lowest BCUT2D eigenvalue weighted by Crippen LogP contribution is -2.41. The highest BCUT2D eigenvalue weighted by Crippen LogP contribution is 2.35. The molecule has 0 radical (unpaired) electrons. The second-order valence-corrected chi connectivity index (χ2v) is 9.33. The molecule has 0 saturated carbocycles. The molecule has 2 aromatic carbocycles. The van der Waals surface area contributed by atoms with Crippen molar-refractivity contribution >= 4 is 33.0 Å². The van der Waals surface area contributed by atoms with Crippen LogP contribution in [0.15, 0.2) is 86.0 Å². The van der Waals surface area contributed by atoms with E-state index in [4.69, 9.17) is 23.2 Å². The maximum Gasteiger partial charge on any atom is 0.160 e. The maximum absolute atomic E-state index is 13.6. The van der Waals surface area contributed by atoms with Gasteiger partial charge in [0.1, 0.15) is 0 Å². The molecular formula is C22H24Cl2O2S. The first-order valence-corrected chi connectivity index (χ1v) is 11.4. The van der Waals surface area contributed by atoms with E-state index in [2.05, 4.69) is 13.2 Å². The van der Waals surface area contributed by atoms with Gasteiger partial charge in [-0.15, -0.1) is 36.4 Å². The van der Waals surface area contributed by atoms with Crippen LogP contribution in [0.25, 0.3) is 0 Å². The number of sulfone groups is 1. The van der Waals surface area contributed by atoms with Gasteiger partial charge in [-0.3, -0.25) is 0 Å². The minimum Gasteiger partial charge on any atom is -0.228 e. The van der Waals surface area contributed by atoms with Crippen molar-refractivity contribution in [2.75, 3.05) is 11.8 Å². The molecule has 0 spiro atoms. The Morgan fingerprint density at radius 3 is 1.33 bits per heavy atom. The molecule has 144 valence electrons. The summed E-state index contributed by atoms with van der Waals surface area (Å²) in [5.41, 5.74) is 1.73. The van der Waals surface area contributed by atoms with Crippen molar-refractivity contribution in [2.24, 2.45) is 0 Å². The quantitative estimate of drug-likeness (QED) is 0.371. The molecule has 0 bridgehead atoms. The van der Waals surface area contributed by atoms with E-state index < -0.39 is 32.2 Å². The molecular weight excluding hydrogens is 399 g/mol. The van der Waals surface area contributed by atoms with Crippen molar-refractivity contribution in [2.45, 2.75) is 22.3 Å². The van der Waals surface area contributed by atoms with E-state index in [1.807, 2.05) is 60.7 Å². The van der Waals surface area contributed by atoms with Crippen molar-refractivity contribution < 1.29 is 8.42 Å². The second kappa shape index (κ2) is 10.1. The lowest BCUT2D eigenvalue weighted by Gasteiger charge is -2.30. The fourth-order valence-electron chi connectivity index (χ4n) is 3.36. The van der Waals surface area contributed by atoms with E-state index in [9.17, 15) is 8.42 Å². The van der Waals surface area contributed by atoms with Crippen LogP contribution in [0.4, 0.5) is 0 Å². The number of allylic oxidation sites excluding steroid dienone is 2. The number of alkyl halides is 2. The van der Waals surface area contributed by atoms with Crippen molar-refractivity contribution in [3.63, 3.8) is 0 Å². The monoisotopic (exact) mass is 422 g/mol. The Morgan fingerprint density at radius 2 is 1.07 bits per heavy atom. The van der Waals surface area contributed by atoms with E-state index in [0.717, 1.165) is 11.1 Å². The smallest absolute Gasteiger partial charge is 0.160 e. The Balaban J connectivity index is 2.47. The summed E-state index contributed by atoms with van der Waals surface area (Å²) in [6.07, 6.45) is 3.30. The van der Waals surface area contributed by atoms with E-state index >= 15 is 0 Å². The second-order valence-electron chi connectivity index (χ2n) is 6.32. The Kier molecular flexibility index (Phi) is 8.15. The predicted molar refractivity (Wildman–Crippen MR) is 117 cm³/mol. The van der Waals surface area contributed by atoms with Gasteiger partial charge in [0, 0.05) is 23.6 Å². The summed E-state index contributed by atoms with van der Waals surface area (Å²) in [4.78, 5) is 0. The predicted octanol–water partition coefficient (Wildman–Crippen LogP) is 5.56. The molecule has 2 nitrogen and oxygen atoms in total. The van der Waals surface area contributed by atoms with Gasteiger partial charge in [0.15, 0.2) is 9.84 Å². The summed E-state index contributed by atoms with van der Waals surface area (Å²) >= 11 is 12.3. The fourth-order valence-corrected chi connectivity index (χ4v) is 6.95. The number of benzene rings is 2. The summed E-state index contributed by atoms with van der Waals surface area (Å²) in [5, 5.41) is -1.65. The molecule has 0 fully saturated rings. The number of hydrogen-bond acceptors (Lipinski definition) is 2. The molecule has 4 unspecified atom stereocenters. The third kappa shape index (κ3) is 4.84. The van der Waals surface area contributed by atoms with Crippen LogP contribution >= 0.6 is 23.2 Å². The third-order valence-corrected chi connectivity index (χ3v) is 8.46. The Bertz CT molecular complexity index is 770. The molecule has 27 heavy (non-hydrogen) atoms. The molecule has 0 heterocycles. The zero-order chi connectivity index (χ0) is 19.9. The van der Waals surface area contributed by atoms with Crippen LogP contribution in [0.3, 0.4) is 0 Å². The molecule has 0 N–H and O–H groups in total. The summed E-state index contributed by atoms with van der Waals surface area (Å²) in [7, 11) is -3.69. The summed E-state index contributed by atoms with van der Waals surface area (Å²) in [5.74, 6) is -0.916. The molecule has 0 saturated heterocycles. The van der Waals surface area contributed by atoms with Crippen LogP contribution in [-0.4, -0.2) is 30.7 Å². The van der Waals surface area contributed by atoms with Crippen LogP contribution in [0.5, 0.6) is 0 Å². The van der Waals surface area contributed by atoms with Crippen molar-refractivity contribution in [1.82, 2.24) is 0 Å². The first-order valence-electron chi connectivity index (χ1n) is 8.70. The van der Waals surface area contributed by atoms with Gasteiger partial charge < -0.3 is 0 Å². The highest BCUT2D eigenvalue weighted by molar-refractivity contribution is 7.92. The van der Waals surface area contributed by atoms with Crippen LogP contribution in [-0.2, 0) is 9.84 Å². The van der Waals surface area contributed by atoms with E-state index in [0.29, 0.717) is 0 Å². The largest absolute Gasteiger partial charge is 0.228 e. The van der Waals surface area contributed by atoms with Gasteiger partial charge in [-0.25, -0.2) is 8.42 Å². The minimum absolute atomic E-state index is 0.0417. The first kappa shape index (κ1) is 21.7. The maximum atomic E-state index is 13.6. The average Bonchev–Trinajstić information content (AvgIpc) is 2.70. The highest BCUT2D eigenvalue weighted by Gasteiger charge is 2.41. The van der Waals surface area contributed by atoms with Gasteiger partial charge in [-0.2, -0.15) is 0 Å². The van der Waals surface area contributed by atoms with Gasteiger partial charge in [0.25, 0.3) is 0 Å². The number of halogens is 2. The van der Waals surface area contributed by atoms with Gasteiger partial charge in [-0.1, -0.05) is 72.8 Å². The van der Waals surface area contributed by atoms with Gasteiger partial charge >= 0.3 is 0 Å². The Labute approximate surface area is 172 Å². The topological polar surface area (TPSA) is 34.1 Å². The zero-order valence-electron chi connectivity index (χ0n) is 15.0. The highest BCUT2D eigenvalue weighted by atomic mass is 35.5. The van der Waals surface area contributed by atoms with Crippen LogP contribution in [0.2, 0.25) is 0 Å². The molecule has 5 heteroatoms. The van der Waals surface area contributed by atoms with Crippen molar-refractivity contribution in [3.05, 3.63) is 97.1 Å². The van der Waals surface area contributed by atoms with Crippen LogP contribution in [0, 0.1) is 0 Å². The molecule has 0 aromatic heterocycles. The Morgan fingerprint density at radius 1 is 0.741 bits per heavy atom. The molecule has 4 atom stereocenters. The zero-order valence-corrected chi connectivity index (χ0v) is 17.4. The SMILES string of the molecule is C=CC(c1ccccc1)C(CCl)S(=O)(=O)C(CCl)C(C=C)c1ccccc1. The fraction of sp³-hybridized carbons (Fsp3) is 0.273. The third-order valence-electron chi connectivity index (χ3n) is 4.83. The molecule has 0 aliphatic rings. The van der Waals surface area contributed by atoms with Crippen LogP contribution in [0.1, 0.15) is 23.0 Å². The van der Waals surface area contributed by atoms with Gasteiger partial charge in [0.2, 0.25) is 0 Å². The summed E-state index contributed by atoms with van der Waals surface area (Å²) < 4.78 is 27.2. The normalized spacial score (nSPS) is 16.1.